The van der Waals surface area contributed by atoms with Crippen molar-refractivity contribution >= 4 is 27.5 Å². The molecule has 0 aliphatic rings. The maximum absolute atomic E-state index is 14.5. The van der Waals surface area contributed by atoms with E-state index < -0.39 is 40.2 Å². The van der Waals surface area contributed by atoms with Gasteiger partial charge >= 0.3 is 0 Å². The molecule has 0 fully saturated rings. The number of hydrogen-bond acceptors (Lipinski definition) is 4. The minimum Gasteiger partial charge on any atom is -0.354 e. The topological polar surface area (TPSA) is 86.8 Å². The summed E-state index contributed by atoms with van der Waals surface area (Å²) in [4.78, 5) is 27.8. The van der Waals surface area contributed by atoms with Crippen LogP contribution in [0.3, 0.4) is 0 Å². The molecule has 0 spiro atoms. The number of carbonyl (C=O) groups excluding carboxylic acids is 2. The molecule has 0 aliphatic heterocycles. The molecule has 0 aliphatic carbocycles. The molecule has 37 heavy (non-hydrogen) atoms. The zero-order valence-corrected chi connectivity index (χ0v) is 21.8. The van der Waals surface area contributed by atoms with Gasteiger partial charge < -0.3 is 10.2 Å². The predicted octanol–water partition coefficient (Wildman–Crippen LogP) is 4.35. The number of nitrogens with zero attached hydrogens (tertiary/aromatic N) is 2. The largest absolute Gasteiger partial charge is 0.354 e. The van der Waals surface area contributed by atoms with E-state index in [0.29, 0.717) is 12.2 Å². The molecule has 1 atom stereocenters. The van der Waals surface area contributed by atoms with Gasteiger partial charge in [-0.25, -0.2) is 12.8 Å². The highest BCUT2D eigenvalue weighted by molar-refractivity contribution is 7.92. The van der Waals surface area contributed by atoms with E-state index in [1.807, 2.05) is 6.92 Å². The van der Waals surface area contributed by atoms with Gasteiger partial charge in [-0.15, -0.1) is 0 Å². The van der Waals surface area contributed by atoms with Crippen LogP contribution in [0.25, 0.3) is 0 Å². The number of anilines is 1. The van der Waals surface area contributed by atoms with Crippen LogP contribution in [0.1, 0.15) is 32.3 Å². The molecule has 0 bridgehead atoms. The minimum atomic E-state index is -4.12. The Hall–Kier alpha value is -3.72. The number of amides is 2. The lowest BCUT2D eigenvalue weighted by Gasteiger charge is -2.32. The average molecular weight is 526 g/mol. The van der Waals surface area contributed by atoms with Crippen molar-refractivity contribution in [1.29, 1.82) is 0 Å². The first kappa shape index (κ1) is 27.9. The van der Waals surface area contributed by atoms with Gasteiger partial charge in [0, 0.05) is 18.7 Å². The number of unbranched alkanes of at least 4 members (excludes halogenated alkanes) is 1. The second-order valence-corrected chi connectivity index (χ2v) is 10.5. The number of halogens is 1. The molecule has 0 saturated heterocycles. The van der Waals surface area contributed by atoms with Crippen LogP contribution in [0, 0.1) is 5.82 Å². The Morgan fingerprint density at radius 1 is 0.919 bits per heavy atom. The second kappa shape index (κ2) is 13.0. The van der Waals surface area contributed by atoms with E-state index in [2.05, 4.69) is 5.32 Å². The van der Waals surface area contributed by atoms with Gasteiger partial charge in [-0.2, -0.15) is 0 Å². The van der Waals surface area contributed by atoms with Crippen molar-refractivity contribution < 1.29 is 22.4 Å². The zero-order chi connectivity index (χ0) is 26.8. The van der Waals surface area contributed by atoms with E-state index in [1.165, 1.54) is 35.2 Å². The fourth-order valence-electron chi connectivity index (χ4n) is 3.77. The summed E-state index contributed by atoms with van der Waals surface area (Å²) >= 11 is 0. The van der Waals surface area contributed by atoms with Crippen LogP contribution in [0.15, 0.2) is 89.8 Å². The van der Waals surface area contributed by atoms with Crippen LogP contribution in [-0.2, 0) is 26.2 Å². The molecule has 0 saturated carbocycles. The summed E-state index contributed by atoms with van der Waals surface area (Å²) in [6.07, 6.45) is 1.66. The van der Waals surface area contributed by atoms with Crippen LogP contribution >= 0.6 is 0 Å². The summed E-state index contributed by atoms with van der Waals surface area (Å²) in [6.45, 7) is 3.23. The first-order valence-corrected chi connectivity index (χ1v) is 13.6. The molecule has 3 rings (SSSR count). The Morgan fingerprint density at radius 2 is 1.51 bits per heavy atom. The van der Waals surface area contributed by atoms with E-state index in [1.54, 1.807) is 61.5 Å². The van der Waals surface area contributed by atoms with Crippen molar-refractivity contribution in [3.63, 3.8) is 0 Å². The summed E-state index contributed by atoms with van der Waals surface area (Å²) in [5.41, 5.74) is 0.520. The van der Waals surface area contributed by atoms with Gasteiger partial charge in [0.2, 0.25) is 11.8 Å². The molecule has 1 N–H and O–H groups in total. The number of nitrogens with one attached hydrogen (secondary N) is 1. The van der Waals surface area contributed by atoms with Crippen molar-refractivity contribution in [2.75, 3.05) is 17.4 Å². The molecule has 0 aromatic heterocycles. The lowest BCUT2D eigenvalue weighted by atomic mass is 10.1. The molecule has 0 heterocycles. The smallest absolute Gasteiger partial charge is 0.264 e. The summed E-state index contributed by atoms with van der Waals surface area (Å²) in [6, 6.07) is 21.1. The number of para-hydroxylation sites is 1. The quantitative estimate of drug-likeness (QED) is 0.356. The van der Waals surface area contributed by atoms with Crippen LogP contribution in [0.4, 0.5) is 10.1 Å². The summed E-state index contributed by atoms with van der Waals surface area (Å²) in [7, 11) is -4.12. The van der Waals surface area contributed by atoms with Crippen molar-refractivity contribution in [2.24, 2.45) is 0 Å². The third-order valence-corrected chi connectivity index (χ3v) is 7.74. The molecule has 196 valence electrons. The van der Waals surface area contributed by atoms with Crippen molar-refractivity contribution in [2.45, 2.75) is 44.2 Å². The fourth-order valence-corrected chi connectivity index (χ4v) is 5.21. The highest BCUT2D eigenvalue weighted by Crippen LogP contribution is 2.24. The molecule has 2 amide bonds. The predicted molar refractivity (Wildman–Crippen MR) is 142 cm³/mol. The first-order chi connectivity index (χ1) is 17.8. The molecule has 9 heteroatoms. The standard InChI is InChI=1S/C28H32FN3O4S/c1-3-4-19-30-28(34)22(2)31(20-23-13-11-12-18-26(23)29)27(33)21-32(24-14-7-5-8-15-24)37(35,36)25-16-9-6-10-17-25/h5-18,22H,3-4,19-21H2,1-2H3,(H,30,34). The van der Waals surface area contributed by atoms with E-state index >= 15 is 0 Å². The summed E-state index contributed by atoms with van der Waals surface area (Å²) < 4.78 is 42.7. The Bertz CT molecular complexity index is 1290. The lowest BCUT2D eigenvalue weighted by Crippen LogP contribution is -2.51. The third-order valence-electron chi connectivity index (χ3n) is 5.95. The number of rotatable bonds is 12. The Labute approximate surface area is 218 Å². The van der Waals surface area contributed by atoms with E-state index in [-0.39, 0.29) is 17.0 Å². The maximum atomic E-state index is 14.5. The van der Waals surface area contributed by atoms with E-state index in [4.69, 9.17) is 0 Å². The first-order valence-electron chi connectivity index (χ1n) is 12.2. The van der Waals surface area contributed by atoms with Gasteiger partial charge in [0.25, 0.3) is 10.0 Å². The van der Waals surface area contributed by atoms with Crippen LogP contribution < -0.4 is 9.62 Å². The minimum absolute atomic E-state index is 0.0256. The number of hydrogen-bond donors (Lipinski definition) is 1. The van der Waals surface area contributed by atoms with Gasteiger partial charge in [-0.3, -0.25) is 13.9 Å². The molecule has 1 unspecified atom stereocenters. The van der Waals surface area contributed by atoms with Gasteiger partial charge in [0.05, 0.1) is 10.6 Å². The lowest BCUT2D eigenvalue weighted by molar-refractivity contribution is -0.139. The van der Waals surface area contributed by atoms with Gasteiger partial charge in [0.1, 0.15) is 18.4 Å². The average Bonchev–Trinajstić information content (AvgIpc) is 2.91. The Balaban J connectivity index is 1.97. The molecular formula is C28H32FN3O4S. The second-order valence-electron chi connectivity index (χ2n) is 8.59. The van der Waals surface area contributed by atoms with Gasteiger partial charge in [0.15, 0.2) is 0 Å². The number of benzene rings is 3. The molecule has 3 aromatic carbocycles. The van der Waals surface area contributed by atoms with Gasteiger partial charge in [-0.05, 0) is 43.7 Å². The van der Waals surface area contributed by atoms with Crippen molar-refractivity contribution in [1.82, 2.24) is 10.2 Å². The highest BCUT2D eigenvalue weighted by Gasteiger charge is 2.32. The van der Waals surface area contributed by atoms with Crippen LogP contribution in [0.2, 0.25) is 0 Å². The fraction of sp³-hybridized carbons (Fsp3) is 0.286. The highest BCUT2D eigenvalue weighted by atomic mass is 32.2. The molecule has 0 radical (unpaired) electrons. The summed E-state index contributed by atoms with van der Waals surface area (Å²) in [5, 5.41) is 2.80. The summed E-state index contributed by atoms with van der Waals surface area (Å²) in [5.74, 6) is -1.55. The Morgan fingerprint density at radius 3 is 2.14 bits per heavy atom. The van der Waals surface area contributed by atoms with Gasteiger partial charge in [-0.1, -0.05) is 67.9 Å². The van der Waals surface area contributed by atoms with Crippen molar-refractivity contribution in [3.05, 3.63) is 96.3 Å². The van der Waals surface area contributed by atoms with Crippen LogP contribution in [-0.4, -0.2) is 44.3 Å². The Kier molecular flexibility index (Phi) is 9.79. The molecular weight excluding hydrogens is 493 g/mol. The molecule has 7 nitrogen and oxygen atoms in total. The number of sulfonamides is 1. The third kappa shape index (κ3) is 7.16. The van der Waals surface area contributed by atoms with Crippen molar-refractivity contribution in [3.8, 4) is 0 Å². The maximum Gasteiger partial charge on any atom is 0.264 e. The van der Waals surface area contributed by atoms with E-state index in [9.17, 15) is 22.4 Å². The monoisotopic (exact) mass is 525 g/mol. The number of carbonyl (C=O) groups is 2. The SMILES string of the molecule is CCCCNC(=O)C(C)N(Cc1ccccc1F)C(=O)CN(c1ccccc1)S(=O)(=O)c1ccccc1. The van der Waals surface area contributed by atoms with E-state index in [0.717, 1.165) is 17.1 Å². The molecule has 3 aromatic rings. The van der Waals surface area contributed by atoms with Crippen LogP contribution in [0.5, 0.6) is 0 Å². The zero-order valence-electron chi connectivity index (χ0n) is 21.0. The normalized spacial score (nSPS) is 12.0.